The van der Waals surface area contributed by atoms with Gasteiger partial charge in [-0.15, -0.1) is 12.4 Å². The zero-order valence-corrected chi connectivity index (χ0v) is 14.4. The number of halogens is 1. The number of hydrogen-bond acceptors (Lipinski definition) is 2. The minimum absolute atomic E-state index is 0. The van der Waals surface area contributed by atoms with Gasteiger partial charge in [-0.25, -0.2) is 0 Å². The molecule has 4 heteroatoms. The first-order valence-electron chi connectivity index (χ1n) is 8.63. The second-order valence-corrected chi connectivity index (χ2v) is 7.40. The van der Waals surface area contributed by atoms with Gasteiger partial charge in [0.25, 0.3) is 0 Å². The van der Waals surface area contributed by atoms with E-state index >= 15 is 0 Å². The number of carbonyl (C=O) groups excluding carboxylic acids is 1. The van der Waals surface area contributed by atoms with E-state index < -0.39 is 0 Å². The Hall–Kier alpha value is -0.280. The fourth-order valence-electron chi connectivity index (χ4n) is 4.54. The van der Waals surface area contributed by atoms with Crippen LogP contribution in [0.4, 0.5) is 0 Å². The summed E-state index contributed by atoms with van der Waals surface area (Å²) < 4.78 is 0. The molecule has 0 bridgehead atoms. The highest BCUT2D eigenvalue weighted by Crippen LogP contribution is 2.59. The van der Waals surface area contributed by atoms with Gasteiger partial charge in [0.05, 0.1) is 0 Å². The van der Waals surface area contributed by atoms with Gasteiger partial charge in [0.15, 0.2) is 0 Å². The lowest BCUT2D eigenvalue weighted by atomic mass is 9.83. The zero-order valence-electron chi connectivity index (χ0n) is 13.6. The molecule has 1 heterocycles. The smallest absolute Gasteiger partial charge is 0.226 e. The molecule has 1 saturated heterocycles. The molecule has 21 heavy (non-hydrogen) atoms. The molecule has 3 nitrogen and oxygen atoms in total. The number of hydrogen-bond donors (Lipinski definition) is 1. The fraction of sp³-hybridized carbons (Fsp3) is 0.941. The topological polar surface area (TPSA) is 32.3 Å². The molecule has 1 unspecified atom stereocenters. The van der Waals surface area contributed by atoms with Crippen LogP contribution in [0.15, 0.2) is 0 Å². The van der Waals surface area contributed by atoms with Crippen LogP contribution in [-0.2, 0) is 4.79 Å². The van der Waals surface area contributed by atoms with Crippen molar-refractivity contribution in [2.75, 3.05) is 20.1 Å². The van der Waals surface area contributed by atoms with Gasteiger partial charge in [0.2, 0.25) is 5.91 Å². The average Bonchev–Trinajstić information content (AvgIpc) is 3.19. The summed E-state index contributed by atoms with van der Waals surface area (Å²) >= 11 is 0. The molecule has 122 valence electrons. The molecule has 0 aromatic heterocycles. The highest BCUT2D eigenvalue weighted by molar-refractivity contribution is 5.85. The molecule has 0 aromatic carbocycles. The van der Waals surface area contributed by atoms with Crippen molar-refractivity contribution in [2.24, 2.45) is 17.3 Å². The van der Waals surface area contributed by atoms with Gasteiger partial charge in [0.1, 0.15) is 0 Å². The lowest BCUT2D eigenvalue weighted by molar-refractivity contribution is -0.135. The quantitative estimate of drug-likeness (QED) is 0.867. The maximum absolute atomic E-state index is 12.7. The van der Waals surface area contributed by atoms with Gasteiger partial charge in [-0.1, -0.05) is 13.3 Å². The van der Waals surface area contributed by atoms with E-state index in [1.807, 2.05) is 0 Å². The number of nitrogens with zero attached hydrogens (tertiary/aromatic N) is 1. The van der Waals surface area contributed by atoms with E-state index in [-0.39, 0.29) is 12.4 Å². The van der Waals surface area contributed by atoms with E-state index in [9.17, 15) is 4.79 Å². The van der Waals surface area contributed by atoms with E-state index in [2.05, 4.69) is 24.2 Å². The minimum Gasteiger partial charge on any atom is -0.343 e. The van der Waals surface area contributed by atoms with E-state index in [4.69, 9.17) is 0 Å². The molecule has 0 radical (unpaired) electrons. The van der Waals surface area contributed by atoms with Crippen molar-refractivity contribution in [3.63, 3.8) is 0 Å². The third-order valence-electron chi connectivity index (χ3n) is 6.38. The molecule has 1 N–H and O–H groups in total. The molecular weight excluding hydrogens is 284 g/mol. The number of piperidine rings is 1. The van der Waals surface area contributed by atoms with Crippen molar-refractivity contribution in [2.45, 2.75) is 64.3 Å². The normalized spacial score (nSPS) is 34.1. The summed E-state index contributed by atoms with van der Waals surface area (Å²) in [6, 6.07) is 0.518. The molecule has 3 aliphatic rings. The summed E-state index contributed by atoms with van der Waals surface area (Å²) in [5.74, 6) is 1.71. The number of carbonyl (C=O) groups is 1. The highest BCUT2D eigenvalue weighted by Gasteiger charge is 2.58. The summed E-state index contributed by atoms with van der Waals surface area (Å²) in [5.41, 5.74) is 0.386. The van der Waals surface area contributed by atoms with Crippen LogP contribution < -0.4 is 5.32 Å². The van der Waals surface area contributed by atoms with E-state index in [0.29, 0.717) is 23.3 Å². The van der Waals surface area contributed by atoms with Crippen LogP contribution in [0.2, 0.25) is 0 Å². The van der Waals surface area contributed by atoms with Gasteiger partial charge in [-0.2, -0.15) is 0 Å². The van der Waals surface area contributed by atoms with Crippen molar-refractivity contribution >= 4 is 18.3 Å². The molecular formula is C17H31ClN2O. The summed E-state index contributed by atoms with van der Waals surface area (Å²) in [7, 11) is 2.06. The second-order valence-electron chi connectivity index (χ2n) is 7.40. The van der Waals surface area contributed by atoms with Gasteiger partial charge in [-0.3, -0.25) is 4.79 Å². The van der Waals surface area contributed by atoms with Crippen LogP contribution in [0.3, 0.4) is 0 Å². The van der Waals surface area contributed by atoms with Gasteiger partial charge in [0, 0.05) is 19.0 Å². The van der Waals surface area contributed by atoms with Crippen LogP contribution in [0.1, 0.15) is 58.3 Å². The van der Waals surface area contributed by atoms with Crippen LogP contribution in [0.25, 0.3) is 0 Å². The van der Waals surface area contributed by atoms with Crippen LogP contribution in [-0.4, -0.2) is 37.0 Å². The molecule has 3 rings (SSSR count). The van der Waals surface area contributed by atoms with Crippen LogP contribution in [0.5, 0.6) is 0 Å². The number of amides is 1. The average molecular weight is 315 g/mol. The van der Waals surface area contributed by atoms with Gasteiger partial charge < -0.3 is 10.2 Å². The van der Waals surface area contributed by atoms with E-state index in [1.165, 1.54) is 44.9 Å². The lowest BCUT2D eigenvalue weighted by Crippen LogP contribution is -2.42. The Morgan fingerprint density at radius 1 is 1.19 bits per heavy atom. The number of nitrogens with one attached hydrogen (secondary N) is 1. The maximum Gasteiger partial charge on any atom is 0.226 e. The standard InChI is InChI=1S/C17H30N2O.ClH/c1-3-13-4-6-14(7-5-13)19(2)16(20)15-12-17(15)8-10-18-11-9-17;/h13-15,18H,3-12H2,1-2H3;1H. The molecule has 2 aliphatic carbocycles. The first-order chi connectivity index (χ1) is 9.66. The molecule has 1 aliphatic heterocycles. The van der Waals surface area contributed by atoms with E-state index in [0.717, 1.165) is 25.4 Å². The molecule has 1 spiro atoms. The Kier molecular flexibility index (Phi) is 5.59. The van der Waals surface area contributed by atoms with Crippen molar-refractivity contribution in [3.05, 3.63) is 0 Å². The van der Waals surface area contributed by atoms with Crippen molar-refractivity contribution in [1.29, 1.82) is 0 Å². The molecule has 0 aromatic rings. The van der Waals surface area contributed by atoms with E-state index in [1.54, 1.807) is 0 Å². The van der Waals surface area contributed by atoms with Crippen LogP contribution in [0, 0.1) is 17.3 Å². The third-order valence-corrected chi connectivity index (χ3v) is 6.38. The summed E-state index contributed by atoms with van der Waals surface area (Å²) in [6.07, 6.45) is 9.96. The predicted molar refractivity (Wildman–Crippen MR) is 88.7 cm³/mol. The van der Waals surface area contributed by atoms with Crippen LogP contribution >= 0.6 is 12.4 Å². The Morgan fingerprint density at radius 3 is 2.38 bits per heavy atom. The highest BCUT2D eigenvalue weighted by atomic mass is 35.5. The third kappa shape index (κ3) is 3.39. The Bertz CT molecular complexity index is 360. The monoisotopic (exact) mass is 314 g/mol. The number of rotatable bonds is 3. The Balaban J connectivity index is 0.00000161. The largest absolute Gasteiger partial charge is 0.343 e. The first kappa shape index (κ1) is 17.1. The molecule has 3 fully saturated rings. The fourth-order valence-corrected chi connectivity index (χ4v) is 4.54. The maximum atomic E-state index is 12.7. The van der Waals surface area contributed by atoms with Gasteiger partial charge >= 0.3 is 0 Å². The van der Waals surface area contributed by atoms with Gasteiger partial charge in [-0.05, 0) is 69.4 Å². The predicted octanol–water partition coefficient (Wildman–Crippen LogP) is 3.23. The summed E-state index contributed by atoms with van der Waals surface area (Å²) in [6.45, 7) is 4.51. The summed E-state index contributed by atoms with van der Waals surface area (Å²) in [5, 5.41) is 3.42. The van der Waals surface area contributed by atoms with Crippen molar-refractivity contribution in [3.8, 4) is 0 Å². The first-order valence-corrected chi connectivity index (χ1v) is 8.63. The summed E-state index contributed by atoms with van der Waals surface area (Å²) in [4.78, 5) is 14.9. The van der Waals surface area contributed by atoms with Crippen molar-refractivity contribution in [1.82, 2.24) is 10.2 Å². The van der Waals surface area contributed by atoms with Crippen molar-refractivity contribution < 1.29 is 4.79 Å². The second kappa shape index (κ2) is 6.87. The minimum atomic E-state index is 0. The lowest BCUT2D eigenvalue weighted by Gasteiger charge is -2.35. The molecule has 2 saturated carbocycles. The molecule has 1 atom stereocenters. The molecule has 1 amide bonds. The SMILES string of the molecule is CCC1CCC(N(C)C(=O)C2CC23CCNCC3)CC1.Cl. The Labute approximate surface area is 135 Å². The Morgan fingerprint density at radius 2 is 1.81 bits per heavy atom. The zero-order chi connectivity index (χ0) is 14.2.